The summed E-state index contributed by atoms with van der Waals surface area (Å²) in [5.41, 5.74) is 0. The second-order valence-corrected chi connectivity index (χ2v) is 5.74. The van der Waals surface area contributed by atoms with E-state index in [1.54, 1.807) is 0 Å². The van der Waals surface area contributed by atoms with Crippen LogP contribution in [0.2, 0.25) is 0 Å². The summed E-state index contributed by atoms with van der Waals surface area (Å²) in [4.78, 5) is 48.8. The summed E-state index contributed by atoms with van der Waals surface area (Å²) >= 11 is 0. The lowest BCUT2D eigenvalue weighted by atomic mass is 10.1. The molecular formula is C6H16O13P2. The van der Waals surface area contributed by atoms with Crippen molar-refractivity contribution in [3.63, 3.8) is 0 Å². The van der Waals surface area contributed by atoms with E-state index >= 15 is 0 Å². The van der Waals surface area contributed by atoms with Gasteiger partial charge in [-0.15, -0.1) is 0 Å². The first-order chi connectivity index (χ1) is 9.13. The maximum absolute atomic E-state index is 10.7. The summed E-state index contributed by atoms with van der Waals surface area (Å²) in [7, 11) is -9.41. The van der Waals surface area contributed by atoms with Gasteiger partial charge in [-0.1, -0.05) is 0 Å². The Balaban J connectivity index is 0. The molecular weight excluding hydrogens is 342 g/mol. The van der Waals surface area contributed by atoms with Crippen LogP contribution in [0.4, 0.5) is 0 Å². The SMILES string of the molecule is O=C(CC(O)C(O)COP(=O)(O)O)C(O)O.O=P(O)(O)O. The van der Waals surface area contributed by atoms with Crippen LogP contribution >= 0.6 is 15.6 Å². The Kier molecular flexibility index (Phi) is 10.6. The third-order valence-corrected chi connectivity index (χ3v) is 2.04. The van der Waals surface area contributed by atoms with Crippen molar-refractivity contribution in [2.45, 2.75) is 24.9 Å². The second kappa shape index (κ2) is 9.69. The first kappa shape index (κ1) is 23.0. The van der Waals surface area contributed by atoms with Gasteiger partial charge in [-0.2, -0.15) is 0 Å². The fraction of sp³-hybridized carbons (Fsp3) is 0.833. The molecule has 0 bridgehead atoms. The van der Waals surface area contributed by atoms with E-state index in [9.17, 15) is 9.36 Å². The van der Waals surface area contributed by atoms with Gasteiger partial charge < -0.3 is 44.9 Å². The zero-order chi connectivity index (χ0) is 17.4. The molecule has 0 amide bonds. The molecule has 9 N–H and O–H groups in total. The van der Waals surface area contributed by atoms with Gasteiger partial charge in [0.1, 0.15) is 6.10 Å². The van der Waals surface area contributed by atoms with E-state index in [0.29, 0.717) is 0 Å². The molecule has 21 heavy (non-hydrogen) atoms. The van der Waals surface area contributed by atoms with E-state index in [2.05, 4.69) is 4.52 Å². The molecule has 2 atom stereocenters. The van der Waals surface area contributed by atoms with Crippen molar-refractivity contribution >= 4 is 21.4 Å². The minimum absolute atomic E-state index is 0.774. The number of carbonyl (C=O) groups excluding carboxylic acids is 1. The second-order valence-electron chi connectivity index (χ2n) is 3.48. The van der Waals surface area contributed by atoms with Gasteiger partial charge in [0.25, 0.3) is 0 Å². The van der Waals surface area contributed by atoms with Crippen molar-refractivity contribution < 1.29 is 63.3 Å². The Labute approximate surface area is 117 Å². The number of Topliss-reactive ketones (excluding diaryl/α,β-unsaturated/α-hetero) is 1. The van der Waals surface area contributed by atoms with Gasteiger partial charge in [-0.3, -0.25) is 9.32 Å². The lowest BCUT2D eigenvalue weighted by Crippen LogP contribution is -2.35. The van der Waals surface area contributed by atoms with Gasteiger partial charge in [0.05, 0.1) is 12.7 Å². The van der Waals surface area contributed by atoms with Crippen molar-refractivity contribution in [2.75, 3.05) is 6.61 Å². The smallest absolute Gasteiger partial charge is 0.390 e. The monoisotopic (exact) mass is 358 g/mol. The molecule has 0 saturated heterocycles. The van der Waals surface area contributed by atoms with E-state index < -0.39 is 53.0 Å². The predicted molar refractivity (Wildman–Crippen MR) is 62.1 cm³/mol. The number of ketones is 1. The van der Waals surface area contributed by atoms with E-state index in [0.717, 1.165) is 0 Å². The zero-order valence-electron chi connectivity index (χ0n) is 10.2. The minimum atomic E-state index is -4.77. The number of phosphoric acid groups is 2. The topological polar surface area (TPSA) is 243 Å². The number of phosphoric ester groups is 1. The molecule has 0 radical (unpaired) electrons. The molecule has 0 aliphatic heterocycles. The van der Waals surface area contributed by atoms with Gasteiger partial charge in [0.2, 0.25) is 6.29 Å². The van der Waals surface area contributed by atoms with Crippen molar-refractivity contribution in [3.05, 3.63) is 0 Å². The average Bonchev–Trinajstić information content (AvgIpc) is 2.22. The molecule has 0 rings (SSSR count). The Hall–Kier alpha value is -0.270. The molecule has 0 aromatic carbocycles. The van der Waals surface area contributed by atoms with Crippen molar-refractivity contribution in [2.24, 2.45) is 0 Å². The van der Waals surface area contributed by atoms with Crippen LogP contribution in [-0.2, 0) is 18.4 Å². The van der Waals surface area contributed by atoms with E-state index in [4.69, 9.17) is 49.5 Å². The normalized spacial score (nSPS) is 15.1. The predicted octanol–water partition coefficient (Wildman–Crippen LogP) is -3.84. The quantitative estimate of drug-likeness (QED) is 0.156. The van der Waals surface area contributed by atoms with Crippen LogP contribution in [0, 0.1) is 0 Å². The lowest BCUT2D eigenvalue weighted by molar-refractivity contribution is -0.149. The molecule has 0 spiro atoms. The Bertz CT molecular complexity index is 387. The van der Waals surface area contributed by atoms with Crippen LogP contribution in [-0.4, -0.2) is 75.8 Å². The number of carbonyl (C=O) groups is 1. The number of aliphatic hydroxyl groups is 4. The fourth-order valence-corrected chi connectivity index (χ4v) is 1.08. The van der Waals surface area contributed by atoms with Gasteiger partial charge in [0.15, 0.2) is 5.78 Å². The molecule has 0 saturated carbocycles. The number of rotatable bonds is 7. The number of hydrogen-bond donors (Lipinski definition) is 9. The summed E-state index contributed by atoms with van der Waals surface area (Å²) in [6.45, 7) is -0.889. The zero-order valence-corrected chi connectivity index (χ0v) is 12.0. The highest BCUT2D eigenvalue weighted by Crippen LogP contribution is 2.35. The van der Waals surface area contributed by atoms with Gasteiger partial charge in [-0.05, 0) is 0 Å². The third-order valence-electron chi connectivity index (χ3n) is 1.56. The maximum atomic E-state index is 10.7. The summed E-state index contributed by atoms with van der Waals surface area (Å²) in [6, 6.07) is 0. The van der Waals surface area contributed by atoms with E-state index in [-0.39, 0.29) is 0 Å². The number of aliphatic hydroxyl groups excluding tert-OH is 3. The summed E-state index contributed by atoms with van der Waals surface area (Å²) in [5, 5.41) is 34.9. The van der Waals surface area contributed by atoms with E-state index in [1.807, 2.05) is 0 Å². The molecule has 128 valence electrons. The first-order valence-electron chi connectivity index (χ1n) is 4.87. The number of hydrogen-bond acceptors (Lipinski definition) is 8. The highest BCUT2D eigenvalue weighted by atomic mass is 31.2. The Morgan fingerprint density at radius 1 is 0.905 bits per heavy atom. The van der Waals surface area contributed by atoms with Crippen LogP contribution in [0.25, 0.3) is 0 Å². The summed E-state index contributed by atoms with van der Waals surface area (Å²) in [5.74, 6) is -1.14. The maximum Gasteiger partial charge on any atom is 0.469 e. The fourth-order valence-electron chi connectivity index (χ4n) is 0.732. The Morgan fingerprint density at radius 2 is 1.29 bits per heavy atom. The minimum Gasteiger partial charge on any atom is -0.390 e. The summed E-state index contributed by atoms with van der Waals surface area (Å²) < 4.78 is 23.0. The molecule has 0 aromatic heterocycles. The van der Waals surface area contributed by atoms with Crippen LogP contribution in [0.15, 0.2) is 0 Å². The van der Waals surface area contributed by atoms with Gasteiger partial charge >= 0.3 is 15.6 Å². The highest BCUT2D eigenvalue weighted by molar-refractivity contribution is 7.46. The molecule has 15 heteroatoms. The van der Waals surface area contributed by atoms with Crippen LogP contribution in [0.3, 0.4) is 0 Å². The largest absolute Gasteiger partial charge is 0.469 e. The molecule has 0 heterocycles. The third kappa shape index (κ3) is 19.7. The van der Waals surface area contributed by atoms with Crippen LogP contribution in [0.1, 0.15) is 6.42 Å². The lowest BCUT2D eigenvalue weighted by Gasteiger charge is -2.17. The van der Waals surface area contributed by atoms with E-state index in [1.165, 1.54) is 0 Å². The summed E-state index contributed by atoms with van der Waals surface area (Å²) in [6.07, 6.45) is -6.48. The van der Waals surface area contributed by atoms with Crippen LogP contribution in [0.5, 0.6) is 0 Å². The van der Waals surface area contributed by atoms with Gasteiger partial charge in [0, 0.05) is 6.42 Å². The first-order valence-corrected chi connectivity index (χ1v) is 7.96. The van der Waals surface area contributed by atoms with Crippen molar-refractivity contribution in [1.29, 1.82) is 0 Å². The highest BCUT2D eigenvalue weighted by Gasteiger charge is 2.25. The van der Waals surface area contributed by atoms with Crippen molar-refractivity contribution in [1.82, 2.24) is 0 Å². The van der Waals surface area contributed by atoms with Crippen LogP contribution < -0.4 is 0 Å². The standard InChI is InChI=1S/C6H13O9P.H3O4P/c7-3(1-4(8)6(10)11)5(9)2-15-16(12,13)14;1-5(2,3)4/h3,5-7,9-11H,1-2H2,(H2,12,13,14);(H3,1,2,3,4). The molecule has 13 nitrogen and oxygen atoms in total. The van der Waals surface area contributed by atoms with Crippen molar-refractivity contribution in [3.8, 4) is 0 Å². The molecule has 0 fully saturated rings. The van der Waals surface area contributed by atoms with Gasteiger partial charge in [-0.25, -0.2) is 9.13 Å². The molecule has 2 unspecified atom stereocenters. The molecule has 0 aliphatic carbocycles. The average molecular weight is 358 g/mol. The molecule has 0 aromatic rings. The molecule has 0 aliphatic rings. The Morgan fingerprint density at radius 3 is 1.57 bits per heavy atom.